The van der Waals surface area contributed by atoms with Crippen molar-refractivity contribution in [2.45, 2.75) is 32.7 Å². The zero-order valence-corrected chi connectivity index (χ0v) is 16.5. The monoisotopic (exact) mass is 406 g/mol. The number of anilines is 1. The van der Waals surface area contributed by atoms with Crippen LogP contribution in [0.15, 0.2) is 48.7 Å². The number of amides is 1. The summed E-state index contributed by atoms with van der Waals surface area (Å²) in [5, 5.41) is 8.44. The molecule has 1 amide bonds. The molecule has 0 aliphatic heterocycles. The number of rotatable bonds is 4. The maximum absolute atomic E-state index is 13.7. The molecule has 30 heavy (non-hydrogen) atoms. The largest absolute Gasteiger partial charge is 0.348 e. The van der Waals surface area contributed by atoms with Crippen molar-refractivity contribution < 1.29 is 13.6 Å². The van der Waals surface area contributed by atoms with Crippen molar-refractivity contribution in [2.75, 3.05) is 5.32 Å². The first kappa shape index (κ1) is 18.5. The highest BCUT2D eigenvalue weighted by Gasteiger charge is 2.27. The number of hydrogen-bond donors (Lipinski definition) is 1. The quantitative estimate of drug-likeness (QED) is 0.526. The van der Waals surface area contributed by atoms with Crippen LogP contribution in [0.1, 0.15) is 35.1 Å². The molecular formula is C23H20F2N4O. The smallest absolute Gasteiger partial charge is 0.276 e. The van der Waals surface area contributed by atoms with E-state index in [4.69, 9.17) is 0 Å². The Morgan fingerprint density at radius 1 is 1.10 bits per heavy atom. The van der Waals surface area contributed by atoms with Crippen LogP contribution in [0, 0.1) is 11.6 Å². The standard InChI is InChI=1S/C23H20F2N4O/c1-2-28-11-10-14-12-15(6-9-20(14)28)26-23(30)22-17-4-3-5-21(17)29(27-22)16-7-8-18(24)19(25)13-16/h6-13H,2-5H2,1H3,(H,26,30). The van der Waals surface area contributed by atoms with Gasteiger partial charge in [-0.25, -0.2) is 13.5 Å². The summed E-state index contributed by atoms with van der Waals surface area (Å²) < 4.78 is 30.8. The normalized spacial score (nSPS) is 13.0. The van der Waals surface area contributed by atoms with Gasteiger partial charge >= 0.3 is 0 Å². The van der Waals surface area contributed by atoms with E-state index in [1.807, 2.05) is 30.5 Å². The SMILES string of the molecule is CCn1ccc2cc(NC(=O)c3nn(-c4ccc(F)c(F)c4)c4c3CCC4)ccc21. The third kappa shape index (κ3) is 2.98. The highest BCUT2D eigenvalue weighted by molar-refractivity contribution is 6.05. The average Bonchev–Trinajstić information content (AvgIpc) is 3.44. The first-order chi connectivity index (χ1) is 14.5. The molecule has 1 N–H and O–H groups in total. The second-order valence-corrected chi connectivity index (χ2v) is 7.47. The predicted octanol–water partition coefficient (Wildman–Crippen LogP) is 4.87. The van der Waals surface area contributed by atoms with E-state index >= 15 is 0 Å². The second kappa shape index (κ2) is 7.09. The van der Waals surface area contributed by atoms with E-state index in [9.17, 15) is 13.6 Å². The van der Waals surface area contributed by atoms with Gasteiger partial charge in [0.25, 0.3) is 5.91 Å². The number of fused-ring (bicyclic) bond motifs is 2. The van der Waals surface area contributed by atoms with Crippen LogP contribution in [-0.2, 0) is 19.4 Å². The van der Waals surface area contributed by atoms with Gasteiger partial charge in [0, 0.05) is 46.7 Å². The van der Waals surface area contributed by atoms with Crippen molar-refractivity contribution >= 4 is 22.5 Å². The van der Waals surface area contributed by atoms with Crippen molar-refractivity contribution in [3.63, 3.8) is 0 Å². The molecule has 1 aliphatic rings. The van der Waals surface area contributed by atoms with Crippen LogP contribution in [0.2, 0.25) is 0 Å². The van der Waals surface area contributed by atoms with Gasteiger partial charge in [-0.3, -0.25) is 4.79 Å². The van der Waals surface area contributed by atoms with Gasteiger partial charge in [-0.15, -0.1) is 0 Å². The van der Waals surface area contributed by atoms with E-state index in [0.29, 0.717) is 17.1 Å². The zero-order chi connectivity index (χ0) is 20.8. The fourth-order valence-corrected chi connectivity index (χ4v) is 4.19. The van der Waals surface area contributed by atoms with E-state index in [0.717, 1.165) is 60.1 Å². The van der Waals surface area contributed by atoms with Crippen LogP contribution in [0.5, 0.6) is 0 Å². The van der Waals surface area contributed by atoms with E-state index in [2.05, 4.69) is 21.9 Å². The van der Waals surface area contributed by atoms with Gasteiger partial charge in [-0.1, -0.05) is 0 Å². The summed E-state index contributed by atoms with van der Waals surface area (Å²) in [7, 11) is 0. The van der Waals surface area contributed by atoms with E-state index in [-0.39, 0.29) is 5.91 Å². The molecule has 2 heterocycles. The molecule has 2 aromatic heterocycles. The van der Waals surface area contributed by atoms with E-state index in [1.165, 1.54) is 6.07 Å². The molecule has 4 aromatic rings. The highest BCUT2D eigenvalue weighted by Crippen LogP contribution is 2.29. The topological polar surface area (TPSA) is 51.9 Å². The lowest BCUT2D eigenvalue weighted by Crippen LogP contribution is -2.15. The number of carbonyl (C=O) groups excluding carboxylic acids is 1. The number of halogens is 2. The lowest BCUT2D eigenvalue weighted by molar-refractivity contribution is 0.102. The lowest BCUT2D eigenvalue weighted by Gasteiger charge is -2.07. The van der Waals surface area contributed by atoms with Gasteiger partial charge in [0.05, 0.1) is 5.69 Å². The minimum absolute atomic E-state index is 0.302. The van der Waals surface area contributed by atoms with Crippen molar-refractivity contribution in [1.29, 1.82) is 0 Å². The third-order valence-electron chi connectivity index (χ3n) is 5.66. The number of nitrogens with one attached hydrogen (secondary N) is 1. The van der Waals surface area contributed by atoms with Crippen molar-refractivity contribution in [2.24, 2.45) is 0 Å². The zero-order valence-electron chi connectivity index (χ0n) is 16.5. The molecule has 5 nitrogen and oxygen atoms in total. The van der Waals surface area contributed by atoms with Crippen LogP contribution in [0.3, 0.4) is 0 Å². The summed E-state index contributed by atoms with van der Waals surface area (Å²) in [5.41, 5.74) is 4.29. The summed E-state index contributed by atoms with van der Waals surface area (Å²) in [6, 6.07) is 11.5. The minimum atomic E-state index is -0.937. The Morgan fingerprint density at radius 2 is 1.97 bits per heavy atom. The first-order valence-electron chi connectivity index (χ1n) is 10.0. The molecule has 5 rings (SSSR count). The number of carbonyl (C=O) groups is 1. The Labute approximate surface area is 171 Å². The Balaban J connectivity index is 1.48. The number of aromatic nitrogens is 3. The van der Waals surface area contributed by atoms with Gasteiger partial charge in [0.2, 0.25) is 0 Å². The number of hydrogen-bond acceptors (Lipinski definition) is 2. The summed E-state index contributed by atoms with van der Waals surface area (Å²) >= 11 is 0. The van der Waals surface area contributed by atoms with Crippen LogP contribution in [0.4, 0.5) is 14.5 Å². The van der Waals surface area contributed by atoms with Crippen molar-refractivity contribution in [3.05, 3.63) is 77.2 Å². The van der Waals surface area contributed by atoms with Crippen LogP contribution >= 0.6 is 0 Å². The first-order valence-corrected chi connectivity index (χ1v) is 10.0. The lowest BCUT2D eigenvalue weighted by atomic mass is 10.2. The molecule has 0 saturated carbocycles. The Kier molecular flexibility index (Phi) is 4.38. The maximum Gasteiger partial charge on any atom is 0.276 e. The molecule has 152 valence electrons. The fraction of sp³-hybridized carbons (Fsp3) is 0.217. The molecule has 0 unspecified atom stereocenters. The van der Waals surface area contributed by atoms with Crippen molar-refractivity contribution in [1.82, 2.24) is 14.3 Å². The van der Waals surface area contributed by atoms with Crippen LogP contribution < -0.4 is 5.32 Å². The highest BCUT2D eigenvalue weighted by atomic mass is 19.2. The Morgan fingerprint density at radius 3 is 2.77 bits per heavy atom. The molecule has 0 spiro atoms. The molecule has 0 bridgehead atoms. The maximum atomic E-state index is 13.7. The Hall–Kier alpha value is -3.48. The van der Waals surface area contributed by atoms with Gasteiger partial charge in [0.15, 0.2) is 17.3 Å². The molecule has 1 aliphatic carbocycles. The van der Waals surface area contributed by atoms with Gasteiger partial charge in [0.1, 0.15) is 0 Å². The van der Waals surface area contributed by atoms with E-state index in [1.54, 1.807) is 4.68 Å². The molecule has 0 atom stereocenters. The number of benzene rings is 2. The molecule has 0 saturated heterocycles. The molecular weight excluding hydrogens is 386 g/mol. The summed E-state index contributed by atoms with van der Waals surface area (Å²) in [4.78, 5) is 13.0. The third-order valence-corrected chi connectivity index (χ3v) is 5.66. The summed E-state index contributed by atoms with van der Waals surface area (Å²) in [6.07, 6.45) is 4.39. The molecule has 2 aromatic carbocycles. The van der Waals surface area contributed by atoms with Crippen molar-refractivity contribution in [3.8, 4) is 5.69 Å². The number of nitrogens with zero attached hydrogens (tertiary/aromatic N) is 3. The van der Waals surface area contributed by atoms with Crippen LogP contribution in [-0.4, -0.2) is 20.3 Å². The summed E-state index contributed by atoms with van der Waals surface area (Å²) in [6.45, 7) is 2.96. The van der Waals surface area contributed by atoms with Crippen LogP contribution in [0.25, 0.3) is 16.6 Å². The predicted molar refractivity (Wildman–Crippen MR) is 111 cm³/mol. The Bertz CT molecular complexity index is 1290. The summed E-state index contributed by atoms with van der Waals surface area (Å²) in [5.74, 6) is -2.15. The average molecular weight is 406 g/mol. The van der Waals surface area contributed by atoms with Gasteiger partial charge in [-0.05, 0) is 62.6 Å². The van der Waals surface area contributed by atoms with Gasteiger partial charge in [-0.2, -0.15) is 5.10 Å². The second-order valence-electron chi connectivity index (χ2n) is 7.47. The fourth-order valence-electron chi connectivity index (χ4n) is 4.19. The molecule has 0 fully saturated rings. The number of aryl methyl sites for hydroxylation is 1. The van der Waals surface area contributed by atoms with E-state index < -0.39 is 11.6 Å². The molecule has 0 radical (unpaired) electrons. The minimum Gasteiger partial charge on any atom is -0.348 e. The molecule has 7 heteroatoms. The van der Waals surface area contributed by atoms with Gasteiger partial charge < -0.3 is 9.88 Å².